The summed E-state index contributed by atoms with van der Waals surface area (Å²) in [5.74, 6) is 0. The molecule has 0 aliphatic carbocycles. The topological polar surface area (TPSA) is 30.7 Å². The van der Waals surface area contributed by atoms with Gasteiger partial charge in [-0.1, -0.05) is 72.1 Å². The predicted octanol–water partition coefficient (Wildman–Crippen LogP) is 9.39. The number of pyridine rings is 1. The Bertz CT molecular complexity index is 2150. The third-order valence-corrected chi connectivity index (χ3v) is 8.34. The third-order valence-electron chi connectivity index (χ3n) is 7.27. The number of nitrogens with zero attached hydrogens (tertiary/aromatic N) is 3. The van der Waals surface area contributed by atoms with Gasteiger partial charge in [0.05, 0.1) is 5.52 Å². The van der Waals surface area contributed by atoms with Crippen molar-refractivity contribution in [3.63, 3.8) is 0 Å². The Morgan fingerprint density at radius 2 is 1.46 bits per heavy atom. The van der Waals surface area contributed by atoms with Crippen LogP contribution in [0.3, 0.4) is 0 Å². The Labute approximate surface area is 256 Å². The first kappa shape index (κ1) is 25.6. The summed E-state index contributed by atoms with van der Waals surface area (Å²) in [7, 11) is 0. The zero-order chi connectivity index (χ0) is 26.5. The van der Waals surface area contributed by atoms with Gasteiger partial charge in [0.15, 0.2) is 0 Å². The molecule has 0 radical (unpaired) electrons. The van der Waals surface area contributed by atoms with Crippen molar-refractivity contribution in [1.82, 2.24) is 14.5 Å². The van der Waals surface area contributed by atoms with Crippen molar-refractivity contribution in [3.05, 3.63) is 140 Å². The van der Waals surface area contributed by atoms with Crippen LogP contribution in [0.25, 0.3) is 70.7 Å². The quantitative estimate of drug-likeness (QED) is 0.170. The fraction of sp³-hybridized carbons (Fsp3) is 0. The van der Waals surface area contributed by atoms with Crippen molar-refractivity contribution in [3.8, 4) is 38.6 Å². The van der Waals surface area contributed by atoms with Gasteiger partial charge in [0.25, 0.3) is 0 Å². The fourth-order valence-electron chi connectivity index (χ4n) is 5.38. The Kier molecular flexibility index (Phi) is 6.59. The summed E-state index contributed by atoms with van der Waals surface area (Å²) in [6, 6.07) is 49.3. The molecule has 3 heterocycles. The van der Waals surface area contributed by atoms with Crippen LogP contribution in [0.1, 0.15) is 0 Å². The van der Waals surface area contributed by atoms with E-state index in [-0.39, 0.29) is 21.1 Å². The van der Waals surface area contributed by atoms with Gasteiger partial charge in [-0.3, -0.25) is 4.98 Å². The molecule has 5 aromatic carbocycles. The maximum Gasteiger partial charge on any atom is 2.00 e. The zero-order valence-electron chi connectivity index (χ0n) is 21.7. The Hall–Kier alpha value is -4.37. The molecule has 196 valence electrons. The normalized spacial score (nSPS) is 11.2. The number of aromatic nitrogens is 3. The molecule has 0 saturated heterocycles. The molecule has 0 spiro atoms. The van der Waals surface area contributed by atoms with Crippen molar-refractivity contribution in [2.75, 3.05) is 0 Å². The molecule has 0 bridgehead atoms. The number of fused-ring (bicyclic) bond motifs is 4. The first-order valence-electron chi connectivity index (χ1n) is 13.2. The number of hydrogen-bond donors (Lipinski definition) is 0. The number of thiazole rings is 1. The monoisotopic (exact) mass is 722 g/mol. The Morgan fingerprint density at radius 3 is 2.37 bits per heavy atom. The van der Waals surface area contributed by atoms with Gasteiger partial charge in [-0.2, -0.15) is 11.3 Å². The first-order chi connectivity index (χ1) is 19.8. The van der Waals surface area contributed by atoms with Crippen LogP contribution >= 0.6 is 11.3 Å². The molecule has 5 heteroatoms. The molecule has 0 unspecified atom stereocenters. The number of para-hydroxylation sites is 2. The van der Waals surface area contributed by atoms with Gasteiger partial charge in [0.2, 0.25) is 0 Å². The van der Waals surface area contributed by atoms with E-state index in [0.29, 0.717) is 0 Å². The molecule has 0 atom stereocenters. The van der Waals surface area contributed by atoms with Gasteiger partial charge in [-0.15, -0.1) is 53.6 Å². The van der Waals surface area contributed by atoms with E-state index in [9.17, 15) is 0 Å². The largest absolute Gasteiger partial charge is 2.00 e. The van der Waals surface area contributed by atoms with Crippen molar-refractivity contribution in [2.45, 2.75) is 0 Å². The second kappa shape index (κ2) is 10.6. The van der Waals surface area contributed by atoms with Gasteiger partial charge >= 0.3 is 21.1 Å². The summed E-state index contributed by atoms with van der Waals surface area (Å²) in [6.45, 7) is 0. The van der Waals surface area contributed by atoms with Crippen LogP contribution in [-0.4, -0.2) is 14.5 Å². The van der Waals surface area contributed by atoms with Crippen LogP contribution < -0.4 is 0 Å². The van der Waals surface area contributed by atoms with E-state index in [1.165, 1.54) is 15.6 Å². The molecule has 0 saturated carbocycles. The molecule has 41 heavy (non-hydrogen) atoms. The minimum Gasteiger partial charge on any atom is -0.346 e. The van der Waals surface area contributed by atoms with E-state index in [4.69, 9.17) is 9.97 Å². The molecular weight excluding hydrogens is 702 g/mol. The number of benzene rings is 5. The van der Waals surface area contributed by atoms with Crippen molar-refractivity contribution in [2.24, 2.45) is 0 Å². The standard InChI is InChI=1S/C36H21N3S.Pt/c1-2-9-24(10-3-1)25-19-20-37-32(22-25)26-11-8-12-28(21-26)39-33-15-6-4-13-29(33)30-18-17-27(23-34(30)39)36-38-31-14-5-7-16-35(31)40-36;/h1-20,22H;/q-2;+2. The number of hydrogen-bond acceptors (Lipinski definition) is 3. The molecular formula is C36H21N3PtS. The van der Waals surface area contributed by atoms with Crippen LogP contribution in [0, 0.1) is 12.1 Å². The van der Waals surface area contributed by atoms with Crippen LogP contribution in [0.15, 0.2) is 128 Å². The summed E-state index contributed by atoms with van der Waals surface area (Å²) >= 11 is 1.70. The van der Waals surface area contributed by atoms with E-state index in [1.54, 1.807) is 11.3 Å². The van der Waals surface area contributed by atoms with Crippen LogP contribution in [0.5, 0.6) is 0 Å². The molecule has 3 aromatic heterocycles. The minimum atomic E-state index is 0. The first-order valence-corrected chi connectivity index (χ1v) is 14.0. The maximum absolute atomic E-state index is 4.90. The van der Waals surface area contributed by atoms with Gasteiger partial charge in [0, 0.05) is 21.4 Å². The Balaban J connectivity index is 0.00000276. The zero-order valence-corrected chi connectivity index (χ0v) is 24.8. The Morgan fingerprint density at radius 1 is 0.634 bits per heavy atom. The number of rotatable bonds is 4. The minimum absolute atomic E-state index is 0. The summed E-state index contributed by atoms with van der Waals surface area (Å²) in [5.41, 5.74) is 9.23. The van der Waals surface area contributed by atoms with Crippen LogP contribution in [-0.2, 0) is 21.1 Å². The van der Waals surface area contributed by atoms with Gasteiger partial charge < -0.3 is 9.55 Å². The molecule has 8 rings (SSSR count). The third kappa shape index (κ3) is 4.50. The fourth-order valence-corrected chi connectivity index (χ4v) is 6.33. The second-order valence-electron chi connectivity index (χ2n) is 9.72. The van der Waals surface area contributed by atoms with E-state index < -0.39 is 0 Å². The predicted molar refractivity (Wildman–Crippen MR) is 166 cm³/mol. The van der Waals surface area contributed by atoms with E-state index in [0.717, 1.165) is 55.0 Å². The van der Waals surface area contributed by atoms with Gasteiger partial charge in [-0.05, 0) is 57.7 Å². The molecule has 0 fully saturated rings. The summed E-state index contributed by atoms with van der Waals surface area (Å²) < 4.78 is 3.43. The summed E-state index contributed by atoms with van der Waals surface area (Å²) in [5, 5.41) is 3.32. The molecule has 0 aliphatic rings. The summed E-state index contributed by atoms with van der Waals surface area (Å²) in [6.07, 6.45) is 1.87. The molecule has 0 amide bonds. The molecule has 8 aromatic rings. The van der Waals surface area contributed by atoms with Gasteiger partial charge in [0.1, 0.15) is 0 Å². The molecule has 3 nitrogen and oxygen atoms in total. The van der Waals surface area contributed by atoms with Crippen molar-refractivity contribution < 1.29 is 21.1 Å². The smallest absolute Gasteiger partial charge is 0.346 e. The SMILES string of the molecule is [Pt+2].[c-]1c(-c2cc(-c3ccccc3)ccn2)cccc1-n1c2[c-]c(-c3nc4ccccc4s3)ccc2c2ccccc21. The van der Waals surface area contributed by atoms with E-state index in [2.05, 4.69) is 120 Å². The molecule has 0 N–H and O–H groups in total. The average Bonchev–Trinajstić information content (AvgIpc) is 3.61. The van der Waals surface area contributed by atoms with Gasteiger partial charge in [-0.25, -0.2) is 0 Å². The average molecular weight is 723 g/mol. The van der Waals surface area contributed by atoms with E-state index in [1.807, 2.05) is 24.4 Å². The van der Waals surface area contributed by atoms with Crippen molar-refractivity contribution >= 4 is 43.4 Å². The van der Waals surface area contributed by atoms with Crippen LogP contribution in [0.4, 0.5) is 0 Å². The second-order valence-corrected chi connectivity index (χ2v) is 10.7. The molecule has 0 aliphatic heterocycles. The van der Waals surface area contributed by atoms with Crippen LogP contribution in [0.2, 0.25) is 0 Å². The van der Waals surface area contributed by atoms with E-state index >= 15 is 0 Å². The maximum atomic E-state index is 4.90. The summed E-state index contributed by atoms with van der Waals surface area (Å²) in [4.78, 5) is 9.60. The van der Waals surface area contributed by atoms with Crippen molar-refractivity contribution in [1.29, 1.82) is 0 Å².